The van der Waals surface area contributed by atoms with Gasteiger partial charge in [0.15, 0.2) is 0 Å². The van der Waals surface area contributed by atoms with Crippen LogP contribution in [0, 0.1) is 16.7 Å². The fourth-order valence-electron chi connectivity index (χ4n) is 3.49. The summed E-state index contributed by atoms with van der Waals surface area (Å²) in [7, 11) is 1.87. The van der Waals surface area contributed by atoms with Crippen LogP contribution in [-0.4, -0.2) is 13.2 Å². The molecule has 1 nitrogen and oxygen atoms in total. The summed E-state index contributed by atoms with van der Waals surface area (Å²) in [4.78, 5) is 0. The Morgan fingerprint density at radius 2 is 1.92 bits per heavy atom. The molecule has 2 aliphatic rings. The lowest BCUT2D eigenvalue weighted by Gasteiger charge is -2.38. The Labute approximate surface area is 75.5 Å². The van der Waals surface area contributed by atoms with Gasteiger partial charge in [-0.05, 0) is 36.0 Å². The molecule has 2 bridgehead atoms. The second kappa shape index (κ2) is 2.25. The van der Waals surface area contributed by atoms with Crippen molar-refractivity contribution in [3.05, 3.63) is 0 Å². The summed E-state index contributed by atoms with van der Waals surface area (Å²) in [6.45, 7) is 7.25. The zero-order valence-corrected chi connectivity index (χ0v) is 8.68. The first-order valence-corrected chi connectivity index (χ1v) is 5.05. The van der Waals surface area contributed by atoms with Gasteiger partial charge in [0.25, 0.3) is 0 Å². The molecule has 0 spiro atoms. The van der Waals surface area contributed by atoms with E-state index in [-0.39, 0.29) is 0 Å². The summed E-state index contributed by atoms with van der Waals surface area (Å²) < 4.78 is 5.58. The fraction of sp³-hybridized carbons (Fsp3) is 1.00. The van der Waals surface area contributed by atoms with Crippen molar-refractivity contribution in [2.45, 2.75) is 46.1 Å². The molecule has 2 aliphatic carbocycles. The maximum Gasteiger partial charge on any atom is 0.0632 e. The molecule has 0 saturated heterocycles. The zero-order valence-electron chi connectivity index (χ0n) is 8.68. The standard InChI is InChI=1S/C11H20O/c1-10(2)8-5-6-11(10,3)9(7-8)12-4/h8-9H,5-7H2,1-4H3/t8-,9-,11+/m0/s1. The van der Waals surface area contributed by atoms with Gasteiger partial charge < -0.3 is 4.74 Å². The van der Waals surface area contributed by atoms with E-state index in [4.69, 9.17) is 4.74 Å². The lowest BCUT2D eigenvalue weighted by atomic mass is 9.70. The van der Waals surface area contributed by atoms with E-state index in [1.165, 1.54) is 19.3 Å². The van der Waals surface area contributed by atoms with Crippen molar-refractivity contribution in [3.8, 4) is 0 Å². The van der Waals surface area contributed by atoms with Gasteiger partial charge in [0, 0.05) is 7.11 Å². The summed E-state index contributed by atoms with van der Waals surface area (Å²) in [5.41, 5.74) is 0.958. The average molecular weight is 168 g/mol. The first kappa shape index (κ1) is 8.55. The van der Waals surface area contributed by atoms with Crippen LogP contribution in [0.1, 0.15) is 40.0 Å². The Morgan fingerprint density at radius 1 is 1.25 bits per heavy atom. The predicted molar refractivity (Wildman–Crippen MR) is 50.0 cm³/mol. The zero-order chi connectivity index (χ0) is 8.98. The van der Waals surface area contributed by atoms with Crippen molar-refractivity contribution in [1.82, 2.24) is 0 Å². The Morgan fingerprint density at radius 3 is 2.17 bits per heavy atom. The van der Waals surface area contributed by atoms with Crippen LogP contribution in [0.25, 0.3) is 0 Å². The summed E-state index contributed by atoms with van der Waals surface area (Å²) in [5.74, 6) is 0.910. The highest BCUT2D eigenvalue weighted by atomic mass is 16.5. The molecular weight excluding hydrogens is 148 g/mol. The highest BCUT2D eigenvalue weighted by molar-refractivity contribution is 5.10. The molecule has 0 aliphatic heterocycles. The highest BCUT2D eigenvalue weighted by Crippen LogP contribution is 2.66. The summed E-state index contributed by atoms with van der Waals surface area (Å²) in [6, 6.07) is 0. The maximum absolute atomic E-state index is 5.58. The normalized spacial score (nSPS) is 50.0. The quantitative estimate of drug-likeness (QED) is 0.585. The third-order valence-electron chi connectivity index (χ3n) is 5.00. The average Bonchev–Trinajstić information content (AvgIpc) is 2.34. The molecule has 0 heterocycles. The molecule has 1 heteroatoms. The van der Waals surface area contributed by atoms with Gasteiger partial charge in [0.05, 0.1) is 6.10 Å². The smallest absolute Gasteiger partial charge is 0.0632 e. The number of methoxy groups -OCH3 is 1. The molecule has 70 valence electrons. The van der Waals surface area contributed by atoms with Crippen molar-refractivity contribution >= 4 is 0 Å². The van der Waals surface area contributed by atoms with Gasteiger partial charge in [-0.25, -0.2) is 0 Å². The number of hydrogen-bond acceptors (Lipinski definition) is 1. The third kappa shape index (κ3) is 0.736. The van der Waals surface area contributed by atoms with E-state index in [1.807, 2.05) is 7.11 Å². The second-order valence-electron chi connectivity index (χ2n) is 5.33. The van der Waals surface area contributed by atoms with Crippen molar-refractivity contribution < 1.29 is 4.74 Å². The van der Waals surface area contributed by atoms with Crippen LogP contribution in [0.4, 0.5) is 0 Å². The van der Waals surface area contributed by atoms with Gasteiger partial charge >= 0.3 is 0 Å². The minimum absolute atomic E-state index is 0.451. The van der Waals surface area contributed by atoms with E-state index in [0.717, 1.165) is 5.92 Å². The molecule has 12 heavy (non-hydrogen) atoms. The minimum atomic E-state index is 0.451. The lowest BCUT2D eigenvalue weighted by Crippen LogP contribution is -2.36. The SMILES string of the molecule is CO[C@H]1C[C@@H]2CC[C@@]1(C)C2(C)C. The van der Waals surface area contributed by atoms with Gasteiger partial charge in [-0.2, -0.15) is 0 Å². The van der Waals surface area contributed by atoms with Crippen LogP contribution in [0.2, 0.25) is 0 Å². The molecular formula is C11H20O. The van der Waals surface area contributed by atoms with E-state index in [9.17, 15) is 0 Å². The number of ether oxygens (including phenoxy) is 1. The molecule has 0 aromatic heterocycles. The predicted octanol–water partition coefficient (Wildman–Crippen LogP) is 2.85. The van der Waals surface area contributed by atoms with Crippen LogP contribution in [0.5, 0.6) is 0 Å². The van der Waals surface area contributed by atoms with E-state index in [2.05, 4.69) is 20.8 Å². The maximum atomic E-state index is 5.58. The van der Waals surface area contributed by atoms with Crippen LogP contribution in [0.15, 0.2) is 0 Å². The van der Waals surface area contributed by atoms with Crippen LogP contribution in [0.3, 0.4) is 0 Å². The Bertz CT molecular complexity index is 197. The van der Waals surface area contributed by atoms with Crippen LogP contribution < -0.4 is 0 Å². The van der Waals surface area contributed by atoms with Gasteiger partial charge in [-0.15, -0.1) is 0 Å². The topological polar surface area (TPSA) is 9.23 Å². The lowest BCUT2D eigenvalue weighted by molar-refractivity contribution is -0.0200. The van der Waals surface area contributed by atoms with E-state index >= 15 is 0 Å². The highest BCUT2D eigenvalue weighted by Gasteiger charge is 2.61. The van der Waals surface area contributed by atoms with Gasteiger partial charge in [0.1, 0.15) is 0 Å². The van der Waals surface area contributed by atoms with E-state index < -0.39 is 0 Å². The van der Waals surface area contributed by atoms with Gasteiger partial charge in [-0.3, -0.25) is 0 Å². The van der Waals surface area contributed by atoms with Gasteiger partial charge in [-0.1, -0.05) is 20.8 Å². The van der Waals surface area contributed by atoms with Crippen molar-refractivity contribution in [2.75, 3.05) is 7.11 Å². The Balaban J connectivity index is 2.33. The summed E-state index contributed by atoms with van der Waals surface area (Å²) >= 11 is 0. The molecule has 0 amide bonds. The third-order valence-corrected chi connectivity index (χ3v) is 5.00. The second-order valence-corrected chi connectivity index (χ2v) is 5.33. The molecule has 0 unspecified atom stereocenters. The Kier molecular flexibility index (Phi) is 1.61. The van der Waals surface area contributed by atoms with Gasteiger partial charge in [0.2, 0.25) is 0 Å². The molecule has 2 rings (SSSR count). The molecule has 3 atom stereocenters. The first-order chi connectivity index (χ1) is 5.52. The Hall–Kier alpha value is -0.0400. The van der Waals surface area contributed by atoms with E-state index in [1.54, 1.807) is 0 Å². The van der Waals surface area contributed by atoms with Crippen molar-refractivity contribution in [3.63, 3.8) is 0 Å². The van der Waals surface area contributed by atoms with Crippen molar-refractivity contribution in [1.29, 1.82) is 0 Å². The number of fused-ring (bicyclic) bond motifs is 2. The molecule has 0 radical (unpaired) electrons. The molecule has 0 N–H and O–H groups in total. The van der Waals surface area contributed by atoms with Crippen molar-refractivity contribution in [2.24, 2.45) is 16.7 Å². The van der Waals surface area contributed by atoms with Crippen LogP contribution >= 0.6 is 0 Å². The summed E-state index contributed by atoms with van der Waals surface area (Å²) in [6.07, 6.45) is 4.60. The number of hydrogen-bond donors (Lipinski definition) is 0. The molecule has 0 aromatic carbocycles. The number of rotatable bonds is 1. The molecule has 0 aromatic rings. The fourth-order valence-corrected chi connectivity index (χ4v) is 3.49. The summed E-state index contributed by atoms with van der Waals surface area (Å²) in [5, 5.41) is 0. The minimum Gasteiger partial charge on any atom is -0.381 e. The molecule has 2 saturated carbocycles. The van der Waals surface area contributed by atoms with Crippen LogP contribution in [-0.2, 0) is 4.74 Å². The largest absolute Gasteiger partial charge is 0.381 e. The first-order valence-electron chi connectivity index (χ1n) is 5.05. The van der Waals surface area contributed by atoms with E-state index in [0.29, 0.717) is 16.9 Å². The monoisotopic (exact) mass is 168 g/mol. The molecule has 2 fully saturated rings.